The van der Waals surface area contributed by atoms with Gasteiger partial charge in [0.15, 0.2) is 0 Å². The van der Waals surface area contributed by atoms with Crippen LogP contribution in [0.4, 0.5) is 11.4 Å². The Bertz CT molecular complexity index is 1440. The first-order valence-corrected chi connectivity index (χ1v) is 13.1. The molecule has 1 saturated carbocycles. The van der Waals surface area contributed by atoms with Crippen molar-refractivity contribution in [2.24, 2.45) is 0 Å². The number of hydrogen-bond donors (Lipinski definition) is 2. The summed E-state index contributed by atoms with van der Waals surface area (Å²) in [4.78, 5) is 14.2. The molecule has 0 saturated heterocycles. The van der Waals surface area contributed by atoms with E-state index < -0.39 is 11.4 Å². The van der Waals surface area contributed by atoms with E-state index in [4.69, 9.17) is 4.74 Å². The lowest BCUT2D eigenvalue weighted by Gasteiger charge is -2.37. The molecule has 5 heteroatoms. The molecule has 2 atom stereocenters. The maximum absolute atomic E-state index is 11.9. The van der Waals surface area contributed by atoms with Crippen molar-refractivity contribution < 1.29 is 14.6 Å². The van der Waals surface area contributed by atoms with Crippen LogP contribution < -0.4 is 15.0 Å². The molecule has 4 aromatic rings. The topological polar surface area (TPSA) is 61.8 Å². The minimum Gasteiger partial charge on any atom is -0.486 e. The first-order valence-electron chi connectivity index (χ1n) is 13.1. The molecule has 37 heavy (non-hydrogen) atoms. The largest absolute Gasteiger partial charge is 0.486 e. The van der Waals surface area contributed by atoms with Gasteiger partial charge in [-0.2, -0.15) is 0 Å². The van der Waals surface area contributed by atoms with Gasteiger partial charge in [-0.1, -0.05) is 66.7 Å². The minimum atomic E-state index is -0.726. The summed E-state index contributed by atoms with van der Waals surface area (Å²) >= 11 is 0. The van der Waals surface area contributed by atoms with Crippen LogP contribution in [0.25, 0.3) is 10.8 Å². The number of carboxylic acids is 1. The lowest BCUT2D eigenvalue weighted by atomic mass is 9.95. The quantitative estimate of drug-likeness (QED) is 0.290. The molecule has 1 unspecified atom stereocenters. The van der Waals surface area contributed by atoms with Gasteiger partial charge in [0.25, 0.3) is 0 Å². The van der Waals surface area contributed by atoms with Gasteiger partial charge in [0, 0.05) is 11.7 Å². The van der Waals surface area contributed by atoms with Gasteiger partial charge in [-0.05, 0) is 78.9 Å². The van der Waals surface area contributed by atoms with Crippen LogP contribution in [0.1, 0.15) is 43.4 Å². The first-order chi connectivity index (χ1) is 18.0. The summed E-state index contributed by atoms with van der Waals surface area (Å²) in [6, 6.07) is 31.4. The number of nitrogens with one attached hydrogen (secondary N) is 1. The van der Waals surface area contributed by atoms with Crippen molar-refractivity contribution in [3.05, 3.63) is 102 Å². The molecule has 0 amide bonds. The maximum Gasteiger partial charge on any atom is 0.314 e. The zero-order valence-corrected chi connectivity index (χ0v) is 21.1. The van der Waals surface area contributed by atoms with Crippen molar-refractivity contribution in [1.82, 2.24) is 5.32 Å². The van der Waals surface area contributed by atoms with Crippen LogP contribution in [0.15, 0.2) is 91.0 Å². The number of ether oxygens (including phenoxy) is 1. The van der Waals surface area contributed by atoms with Gasteiger partial charge in [0.2, 0.25) is 0 Å². The van der Waals surface area contributed by atoms with Crippen molar-refractivity contribution >= 4 is 28.1 Å². The molecule has 1 fully saturated rings. The number of aliphatic carboxylic acids is 1. The van der Waals surface area contributed by atoms with Gasteiger partial charge in [0.1, 0.15) is 11.9 Å². The summed E-state index contributed by atoms with van der Waals surface area (Å²) in [5, 5.41) is 16.0. The Morgan fingerprint density at radius 1 is 1.03 bits per heavy atom. The molecular formula is C32H32N2O3. The van der Waals surface area contributed by atoms with Crippen molar-refractivity contribution in [3.63, 3.8) is 0 Å². The average Bonchev–Trinajstić information content (AvgIpc) is 3.75. The van der Waals surface area contributed by atoms with Crippen LogP contribution in [0, 0.1) is 0 Å². The zero-order valence-electron chi connectivity index (χ0n) is 21.1. The Kier molecular flexibility index (Phi) is 6.09. The van der Waals surface area contributed by atoms with E-state index in [1.54, 1.807) is 0 Å². The second kappa shape index (κ2) is 9.56. The normalized spacial score (nSPS) is 18.6. The van der Waals surface area contributed by atoms with Gasteiger partial charge >= 0.3 is 5.97 Å². The van der Waals surface area contributed by atoms with E-state index in [-0.39, 0.29) is 12.1 Å². The molecule has 1 aliphatic carbocycles. The molecule has 1 aliphatic heterocycles. The van der Waals surface area contributed by atoms with E-state index in [0.29, 0.717) is 19.4 Å². The molecule has 4 aromatic carbocycles. The van der Waals surface area contributed by atoms with Crippen molar-refractivity contribution in [2.45, 2.75) is 43.7 Å². The fourth-order valence-corrected chi connectivity index (χ4v) is 5.61. The third-order valence-electron chi connectivity index (χ3n) is 7.91. The van der Waals surface area contributed by atoms with Gasteiger partial charge < -0.3 is 20.1 Å². The molecule has 2 aliphatic rings. The van der Waals surface area contributed by atoms with Crippen molar-refractivity contribution in [1.29, 1.82) is 0 Å². The minimum absolute atomic E-state index is 0.0140. The van der Waals surface area contributed by atoms with Gasteiger partial charge in [-0.25, -0.2) is 0 Å². The number of nitrogens with zero attached hydrogens (tertiary/aromatic N) is 1. The van der Waals surface area contributed by atoms with Gasteiger partial charge in [-0.15, -0.1) is 0 Å². The van der Waals surface area contributed by atoms with Gasteiger partial charge in [-0.3, -0.25) is 4.79 Å². The standard InChI is InChI=1S/C32H32N2O3/c1-22(27-13-6-9-23-8-2-3-12-28(23)27)33-19-16-26-21-34(29-14-4-5-15-30(29)37-26)25-11-7-10-24(20-25)32(17-18-32)31(35)36/h2-15,20,22,26,33H,16-19,21H2,1H3,(H,35,36)/t22-,26?/m1/s1. The predicted molar refractivity (Wildman–Crippen MR) is 148 cm³/mol. The summed E-state index contributed by atoms with van der Waals surface area (Å²) in [5.74, 6) is 0.141. The van der Waals surface area contributed by atoms with Crippen LogP contribution in [0.3, 0.4) is 0 Å². The second-order valence-electron chi connectivity index (χ2n) is 10.3. The van der Waals surface area contributed by atoms with E-state index >= 15 is 0 Å². The third-order valence-corrected chi connectivity index (χ3v) is 7.91. The highest BCUT2D eigenvalue weighted by Crippen LogP contribution is 2.49. The number of carboxylic acid groups (broad SMARTS) is 1. The highest BCUT2D eigenvalue weighted by molar-refractivity contribution is 5.86. The van der Waals surface area contributed by atoms with E-state index in [1.165, 1.54) is 16.3 Å². The fourth-order valence-electron chi connectivity index (χ4n) is 5.61. The maximum atomic E-state index is 11.9. The number of carbonyl (C=O) groups is 1. The monoisotopic (exact) mass is 492 g/mol. The Balaban J connectivity index is 1.18. The molecule has 0 aromatic heterocycles. The smallest absolute Gasteiger partial charge is 0.314 e. The first kappa shape index (κ1) is 23.6. The van der Waals surface area contributed by atoms with Crippen LogP contribution in [-0.2, 0) is 10.2 Å². The molecule has 0 bridgehead atoms. The third kappa shape index (κ3) is 4.44. The number of hydrogen-bond acceptors (Lipinski definition) is 4. The van der Waals surface area contributed by atoms with Crippen LogP contribution >= 0.6 is 0 Å². The molecule has 1 heterocycles. The SMILES string of the molecule is C[C@@H](NCCC1CN(c2cccc(C3(C(=O)O)CC3)c2)c2ccccc2O1)c1cccc2ccccc12. The summed E-state index contributed by atoms with van der Waals surface area (Å²) < 4.78 is 6.41. The lowest BCUT2D eigenvalue weighted by Crippen LogP contribution is -2.39. The van der Waals surface area contributed by atoms with E-state index in [0.717, 1.165) is 35.7 Å². The molecule has 188 valence electrons. The molecule has 6 rings (SSSR count). The number of fused-ring (bicyclic) bond motifs is 2. The molecular weight excluding hydrogens is 460 g/mol. The molecule has 5 nitrogen and oxygen atoms in total. The van der Waals surface area contributed by atoms with Crippen LogP contribution in [0.5, 0.6) is 5.75 Å². The summed E-state index contributed by atoms with van der Waals surface area (Å²) in [6.07, 6.45) is 2.28. The molecule has 2 N–H and O–H groups in total. The van der Waals surface area contributed by atoms with Crippen molar-refractivity contribution in [3.8, 4) is 5.75 Å². The predicted octanol–water partition coefficient (Wildman–Crippen LogP) is 6.60. The Morgan fingerprint density at radius 2 is 1.78 bits per heavy atom. The Labute approximate surface area is 217 Å². The van der Waals surface area contributed by atoms with Crippen molar-refractivity contribution in [2.75, 3.05) is 18.0 Å². The summed E-state index contributed by atoms with van der Waals surface area (Å²) in [6.45, 7) is 3.75. The van der Waals surface area contributed by atoms with Crippen LogP contribution in [-0.4, -0.2) is 30.3 Å². The number of rotatable bonds is 8. The second-order valence-corrected chi connectivity index (χ2v) is 10.3. The zero-order chi connectivity index (χ0) is 25.4. The van der Waals surface area contributed by atoms with Crippen LogP contribution in [0.2, 0.25) is 0 Å². The molecule has 0 radical (unpaired) electrons. The fraction of sp³-hybridized carbons (Fsp3) is 0.281. The molecule has 0 spiro atoms. The van der Waals surface area contributed by atoms with Gasteiger partial charge in [0.05, 0.1) is 17.6 Å². The number of benzene rings is 4. The Morgan fingerprint density at radius 3 is 2.62 bits per heavy atom. The average molecular weight is 493 g/mol. The number of anilines is 2. The lowest BCUT2D eigenvalue weighted by molar-refractivity contribution is -0.140. The highest BCUT2D eigenvalue weighted by Gasteiger charge is 2.51. The highest BCUT2D eigenvalue weighted by atomic mass is 16.5. The van der Waals surface area contributed by atoms with E-state index in [1.807, 2.05) is 30.3 Å². The Hall–Kier alpha value is -3.83. The van der Waals surface area contributed by atoms with E-state index in [2.05, 4.69) is 77.8 Å². The number of para-hydroxylation sites is 2. The summed E-state index contributed by atoms with van der Waals surface area (Å²) in [7, 11) is 0. The summed E-state index contributed by atoms with van der Waals surface area (Å²) in [5.41, 5.74) is 3.52. The van der Waals surface area contributed by atoms with E-state index in [9.17, 15) is 9.90 Å².